The van der Waals surface area contributed by atoms with Gasteiger partial charge in [0.15, 0.2) is 0 Å². The third kappa shape index (κ3) is 3.15. The summed E-state index contributed by atoms with van der Waals surface area (Å²) in [4.78, 5) is 0. The second-order valence-electron chi connectivity index (χ2n) is 5.31. The molecule has 0 saturated carbocycles. The van der Waals surface area contributed by atoms with E-state index in [4.69, 9.17) is 4.74 Å². The molecule has 7 heteroatoms. The minimum absolute atomic E-state index is 0.254. The Morgan fingerprint density at radius 3 is 3.00 bits per heavy atom. The van der Waals surface area contributed by atoms with Crippen molar-refractivity contribution >= 4 is 0 Å². The van der Waals surface area contributed by atoms with Gasteiger partial charge in [0, 0.05) is 30.6 Å². The second-order valence-corrected chi connectivity index (χ2v) is 5.31. The van der Waals surface area contributed by atoms with E-state index in [0.717, 1.165) is 30.7 Å². The van der Waals surface area contributed by atoms with Gasteiger partial charge in [-0.3, -0.25) is 0 Å². The van der Waals surface area contributed by atoms with Crippen LogP contribution in [0, 0.1) is 11.6 Å². The van der Waals surface area contributed by atoms with E-state index < -0.39 is 11.6 Å². The molecule has 0 aliphatic carbocycles. The predicted octanol–water partition coefficient (Wildman–Crippen LogP) is 1.98. The zero-order valence-electron chi connectivity index (χ0n) is 12.4. The van der Waals surface area contributed by atoms with Crippen molar-refractivity contribution in [3.8, 4) is 0 Å². The largest absolute Gasteiger partial charge is 0.379 e. The number of hydrogen-bond donors (Lipinski definition) is 1. The maximum absolute atomic E-state index is 13.8. The van der Waals surface area contributed by atoms with Crippen molar-refractivity contribution in [3.63, 3.8) is 0 Å². The molecule has 1 aliphatic rings. The molecule has 22 heavy (non-hydrogen) atoms. The first kappa shape index (κ1) is 15.1. The van der Waals surface area contributed by atoms with Crippen molar-refractivity contribution in [1.82, 2.24) is 20.1 Å². The van der Waals surface area contributed by atoms with Crippen LogP contribution < -0.4 is 5.32 Å². The van der Waals surface area contributed by atoms with E-state index >= 15 is 0 Å². The van der Waals surface area contributed by atoms with E-state index in [0.29, 0.717) is 25.3 Å². The number of fused-ring (bicyclic) bond motifs is 1. The molecule has 1 atom stereocenters. The van der Waals surface area contributed by atoms with Crippen LogP contribution in [0.1, 0.15) is 30.2 Å². The van der Waals surface area contributed by atoms with E-state index in [9.17, 15) is 8.78 Å². The molecule has 1 aromatic heterocycles. The van der Waals surface area contributed by atoms with Gasteiger partial charge in [0.2, 0.25) is 0 Å². The highest BCUT2D eigenvalue weighted by atomic mass is 19.1. The number of aromatic nitrogens is 3. The van der Waals surface area contributed by atoms with Gasteiger partial charge in [-0.15, -0.1) is 10.2 Å². The summed E-state index contributed by atoms with van der Waals surface area (Å²) in [5.41, 5.74) is 0.431. The molecule has 0 saturated heterocycles. The van der Waals surface area contributed by atoms with Crippen LogP contribution in [0.3, 0.4) is 0 Å². The van der Waals surface area contributed by atoms with Gasteiger partial charge in [-0.25, -0.2) is 8.78 Å². The lowest BCUT2D eigenvalue weighted by Crippen LogP contribution is -2.22. The second kappa shape index (κ2) is 6.50. The zero-order valence-corrected chi connectivity index (χ0v) is 12.4. The van der Waals surface area contributed by atoms with Gasteiger partial charge < -0.3 is 14.6 Å². The number of rotatable bonds is 4. The summed E-state index contributed by atoms with van der Waals surface area (Å²) in [5, 5.41) is 11.6. The highest BCUT2D eigenvalue weighted by Gasteiger charge is 2.16. The van der Waals surface area contributed by atoms with Crippen molar-refractivity contribution in [2.75, 3.05) is 13.2 Å². The number of nitrogens with zero attached hydrogens (tertiary/aromatic N) is 3. The number of ether oxygens (including phenoxy) is 1. The van der Waals surface area contributed by atoms with Gasteiger partial charge in [0.25, 0.3) is 0 Å². The SMILES string of the molecule is C[C@H](NCc1nnc2n1CCOCC2)c1ccc(F)cc1F. The molecule has 5 nitrogen and oxygen atoms in total. The van der Waals surface area contributed by atoms with E-state index in [1.807, 2.05) is 11.5 Å². The maximum atomic E-state index is 13.8. The van der Waals surface area contributed by atoms with Crippen molar-refractivity contribution < 1.29 is 13.5 Å². The van der Waals surface area contributed by atoms with Crippen LogP contribution in [0.25, 0.3) is 0 Å². The van der Waals surface area contributed by atoms with Gasteiger partial charge in [-0.05, 0) is 13.0 Å². The Morgan fingerprint density at radius 2 is 2.18 bits per heavy atom. The summed E-state index contributed by atoms with van der Waals surface area (Å²) in [6.45, 7) is 4.31. The number of hydrogen-bond acceptors (Lipinski definition) is 4. The zero-order chi connectivity index (χ0) is 15.5. The third-order valence-corrected chi connectivity index (χ3v) is 3.83. The van der Waals surface area contributed by atoms with Crippen LogP contribution in [0.2, 0.25) is 0 Å². The normalized spacial score (nSPS) is 16.1. The lowest BCUT2D eigenvalue weighted by molar-refractivity contribution is 0.139. The molecular formula is C15H18F2N4O. The molecule has 1 aromatic carbocycles. The maximum Gasteiger partial charge on any atom is 0.147 e. The molecule has 0 unspecified atom stereocenters. The minimum Gasteiger partial charge on any atom is -0.379 e. The van der Waals surface area contributed by atoms with E-state index in [-0.39, 0.29) is 6.04 Å². The van der Waals surface area contributed by atoms with Crippen LogP contribution in [-0.4, -0.2) is 28.0 Å². The molecule has 0 spiro atoms. The summed E-state index contributed by atoms with van der Waals surface area (Å²) in [6.07, 6.45) is 0.745. The number of nitrogens with one attached hydrogen (secondary N) is 1. The van der Waals surface area contributed by atoms with Crippen molar-refractivity contribution in [2.24, 2.45) is 0 Å². The van der Waals surface area contributed by atoms with Crippen LogP contribution in [-0.2, 0) is 24.2 Å². The fraction of sp³-hybridized carbons (Fsp3) is 0.467. The first-order valence-corrected chi connectivity index (χ1v) is 7.32. The Bertz CT molecular complexity index is 659. The Hall–Kier alpha value is -1.86. The first-order chi connectivity index (χ1) is 10.6. The molecular weight excluding hydrogens is 290 g/mol. The topological polar surface area (TPSA) is 52.0 Å². The Balaban J connectivity index is 1.68. The molecule has 0 radical (unpaired) electrons. The molecule has 0 amide bonds. The highest BCUT2D eigenvalue weighted by molar-refractivity contribution is 5.21. The average Bonchev–Trinajstić information content (AvgIpc) is 2.72. The Morgan fingerprint density at radius 1 is 1.32 bits per heavy atom. The van der Waals surface area contributed by atoms with Gasteiger partial charge in [0.1, 0.15) is 23.3 Å². The third-order valence-electron chi connectivity index (χ3n) is 3.83. The first-order valence-electron chi connectivity index (χ1n) is 7.32. The number of benzene rings is 1. The van der Waals surface area contributed by atoms with E-state index in [1.165, 1.54) is 12.1 Å². The molecule has 0 bridgehead atoms. The summed E-state index contributed by atoms with van der Waals surface area (Å²) >= 11 is 0. The monoisotopic (exact) mass is 308 g/mol. The molecule has 1 N–H and O–H groups in total. The van der Waals surface area contributed by atoms with Gasteiger partial charge in [-0.2, -0.15) is 0 Å². The molecule has 118 valence electrons. The molecule has 3 rings (SSSR count). The highest BCUT2D eigenvalue weighted by Crippen LogP contribution is 2.18. The summed E-state index contributed by atoms with van der Waals surface area (Å²) in [7, 11) is 0. The quantitative estimate of drug-likeness (QED) is 0.938. The van der Waals surface area contributed by atoms with Crippen LogP contribution >= 0.6 is 0 Å². The lowest BCUT2D eigenvalue weighted by Gasteiger charge is -2.15. The van der Waals surface area contributed by atoms with Crippen molar-refractivity contribution in [1.29, 1.82) is 0 Å². The van der Waals surface area contributed by atoms with Gasteiger partial charge in [0.05, 0.1) is 19.8 Å². The minimum atomic E-state index is -0.573. The van der Waals surface area contributed by atoms with Gasteiger partial charge in [-0.1, -0.05) is 6.07 Å². The van der Waals surface area contributed by atoms with E-state index in [1.54, 1.807) is 0 Å². The van der Waals surface area contributed by atoms with Crippen LogP contribution in [0.15, 0.2) is 18.2 Å². The fourth-order valence-electron chi connectivity index (χ4n) is 2.57. The predicted molar refractivity (Wildman–Crippen MR) is 76.2 cm³/mol. The Labute approximate surface area is 127 Å². The lowest BCUT2D eigenvalue weighted by atomic mass is 10.1. The summed E-state index contributed by atoms with van der Waals surface area (Å²) in [5.74, 6) is 0.592. The number of halogens is 2. The van der Waals surface area contributed by atoms with Crippen molar-refractivity contribution in [3.05, 3.63) is 47.0 Å². The van der Waals surface area contributed by atoms with Crippen molar-refractivity contribution in [2.45, 2.75) is 32.5 Å². The van der Waals surface area contributed by atoms with E-state index in [2.05, 4.69) is 15.5 Å². The van der Waals surface area contributed by atoms with Crippen LogP contribution in [0.4, 0.5) is 8.78 Å². The summed E-state index contributed by atoms with van der Waals surface area (Å²) < 4.78 is 34.2. The fourth-order valence-corrected chi connectivity index (χ4v) is 2.57. The smallest absolute Gasteiger partial charge is 0.147 e. The average molecular weight is 308 g/mol. The molecule has 2 heterocycles. The molecule has 0 fully saturated rings. The summed E-state index contributed by atoms with van der Waals surface area (Å²) in [6, 6.07) is 3.36. The Kier molecular flexibility index (Phi) is 4.44. The van der Waals surface area contributed by atoms with Gasteiger partial charge >= 0.3 is 0 Å². The van der Waals surface area contributed by atoms with Crippen LogP contribution in [0.5, 0.6) is 0 Å². The molecule has 1 aliphatic heterocycles. The molecule has 2 aromatic rings. The standard InChI is InChI=1S/C15H18F2N4O/c1-10(12-3-2-11(16)8-13(12)17)18-9-15-20-19-14-4-6-22-7-5-21(14)15/h2-3,8,10,18H,4-7,9H2,1H3/t10-/m0/s1.